The van der Waals surface area contributed by atoms with Crippen LogP contribution in [0, 0.1) is 11.3 Å². The second-order valence-electron chi connectivity index (χ2n) is 11.7. The summed E-state index contributed by atoms with van der Waals surface area (Å²) in [5, 5.41) is 26.2. The summed E-state index contributed by atoms with van der Waals surface area (Å²) in [5.74, 6) is 0.341. The Bertz CT molecular complexity index is 1820. The van der Waals surface area contributed by atoms with E-state index in [1.54, 1.807) is 10.7 Å². The number of nitriles is 1. The molecule has 4 heterocycles. The zero-order valence-corrected chi connectivity index (χ0v) is 25.0. The number of piperidine rings is 1. The Kier molecular flexibility index (Phi) is 8.04. The molecule has 1 atom stereocenters. The molecule has 2 aromatic heterocycles. The van der Waals surface area contributed by atoms with E-state index in [0.29, 0.717) is 41.3 Å². The zero-order valence-electron chi connectivity index (χ0n) is 24.2. The number of alkyl halides is 3. The van der Waals surface area contributed by atoms with Crippen LogP contribution in [0.1, 0.15) is 46.7 Å². The predicted molar refractivity (Wildman–Crippen MR) is 159 cm³/mol. The molecule has 44 heavy (non-hydrogen) atoms. The average Bonchev–Trinajstić information content (AvgIpc) is 3.57. The van der Waals surface area contributed by atoms with Crippen molar-refractivity contribution < 1.29 is 26.7 Å². The smallest absolute Gasteiger partial charge is 0.390 e. The average molecular weight is 627 g/mol. The van der Waals surface area contributed by atoms with Crippen molar-refractivity contribution in [2.24, 2.45) is 0 Å². The third-order valence-electron chi connectivity index (χ3n) is 8.78. The van der Waals surface area contributed by atoms with Crippen molar-refractivity contribution in [2.75, 3.05) is 32.4 Å². The van der Waals surface area contributed by atoms with Crippen LogP contribution in [0.25, 0.3) is 22.2 Å². The molecule has 0 radical (unpaired) electrons. The molecule has 1 saturated heterocycles. The first-order valence-electron chi connectivity index (χ1n) is 14.5. The number of aromatic amines is 1. The summed E-state index contributed by atoms with van der Waals surface area (Å²) >= 11 is 0. The summed E-state index contributed by atoms with van der Waals surface area (Å²) in [4.78, 5) is 5.52. The molecule has 13 heteroatoms. The summed E-state index contributed by atoms with van der Waals surface area (Å²) in [6, 6.07) is 12.6. The standard InChI is InChI=1S/C31H33F3N6O3S/c1-44(42,43)39-13-10-29-27(19-39)30(22-3-5-23(6-4-22)31(32,33)34)37-40(29)18-24(41)17-38-11-8-21(9-12-38)26-16-36-28-7-2-20(15-35)14-25(26)28/h2-7,14,16,21,24,36,41H,8-13,17-19H2,1H3. The van der Waals surface area contributed by atoms with Crippen molar-refractivity contribution in [3.05, 3.63) is 76.6 Å². The molecule has 0 amide bonds. The van der Waals surface area contributed by atoms with Gasteiger partial charge in [0.25, 0.3) is 0 Å². The SMILES string of the molecule is CS(=O)(=O)N1CCc2c(c(-c3ccc(C(F)(F)F)cc3)nn2CC(O)CN2CCC(c3c[nH]c4ccc(C#N)cc34)CC2)C1. The van der Waals surface area contributed by atoms with E-state index in [9.17, 15) is 32.0 Å². The highest BCUT2D eigenvalue weighted by Gasteiger charge is 2.33. The van der Waals surface area contributed by atoms with Crippen LogP contribution in [0.2, 0.25) is 0 Å². The monoisotopic (exact) mass is 626 g/mol. The lowest BCUT2D eigenvalue weighted by Crippen LogP contribution is -2.40. The van der Waals surface area contributed by atoms with Crippen molar-refractivity contribution in [3.63, 3.8) is 0 Å². The largest absolute Gasteiger partial charge is 0.416 e. The molecule has 232 valence electrons. The number of aliphatic hydroxyl groups is 1. The number of likely N-dealkylation sites (tertiary alicyclic amines) is 1. The van der Waals surface area contributed by atoms with E-state index < -0.39 is 27.9 Å². The Morgan fingerprint density at radius 2 is 1.84 bits per heavy atom. The van der Waals surface area contributed by atoms with Gasteiger partial charge in [-0.1, -0.05) is 12.1 Å². The Labute approximate surface area is 253 Å². The lowest BCUT2D eigenvalue weighted by atomic mass is 9.89. The molecule has 2 aromatic carbocycles. The maximum Gasteiger partial charge on any atom is 0.416 e. The third-order valence-corrected chi connectivity index (χ3v) is 10.0. The second kappa shape index (κ2) is 11.7. The Hall–Kier alpha value is -3.70. The first-order chi connectivity index (χ1) is 20.9. The molecule has 9 nitrogen and oxygen atoms in total. The molecule has 2 N–H and O–H groups in total. The van der Waals surface area contributed by atoms with Gasteiger partial charge in [-0.25, -0.2) is 8.42 Å². The van der Waals surface area contributed by atoms with Gasteiger partial charge in [-0.15, -0.1) is 0 Å². The maximum absolute atomic E-state index is 13.2. The number of aliphatic hydroxyl groups excluding tert-OH is 1. The predicted octanol–water partition coefficient (Wildman–Crippen LogP) is 4.48. The number of rotatable bonds is 7. The van der Waals surface area contributed by atoms with Crippen molar-refractivity contribution in [2.45, 2.75) is 50.6 Å². The number of H-pyrrole nitrogens is 1. The summed E-state index contributed by atoms with van der Waals surface area (Å²) in [6.45, 7) is 2.53. The summed E-state index contributed by atoms with van der Waals surface area (Å²) in [5.41, 5.74) is 4.39. The topological polar surface area (TPSA) is 118 Å². The number of benzene rings is 2. The highest BCUT2D eigenvalue weighted by atomic mass is 32.2. The summed E-state index contributed by atoms with van der Waals surface area (Å²) in [6.07, 6.45) is 0.136. The third kappa shape index (κ3) is 6.12. The molecule has 0 saturated carbocycles. The normalized spacial score (nSPS) is 17.9. The van der Waals surface area contributed by atoms with Gasteiger partial charge in [0, 0.05) is 60.0 Å². The van der Waals surface area contributed by atoms with Crippen LogP contribution < -0.4 is 0 Å². The molecular weight excluding hydrogens is 593 g/mol. The van der Waals surface area contributed by atoms with Gasteiger partial charge in [-0.3, -0.25) is 4.68 Å². The molecule has 4 aromatic rings. The van der Waals surface area contributed by atoms with Crippen molar-refractivity contribution in [3.8, 4) is 17.3 Å². The van der Waals surface area contributed by atoms with E-state index in [0.717, 1.165) is 60.9 Å². The van der Waals surface area contributed by atoms with Crippen LogP contribution in [-0.4, -0.2) is 76.0 Å². The maximum atomic E-state index is 13.2. The molecule has 6 rings (SSSR count). The Morgan fingerprint density at radius 3 is 2.50 bits per heavy atom. The van der Waals surface area contributed by atoms with Crippen LogP contribution in [0.3, 0.4) is 0 Å². The minimum absolute atomic E-state index is 0.0673. The molecule has 0 bridgehead atoms. The van der Waals surface area contributed by atoms with Gasteiger partial charge in [0.1, 0.15) is 0 Å². The number of sulfonamides is 1. The van der Waals surface area contributed by atoms with Crippen molar-refractivity contribution in [1.82, 2.24) is 24.0 Å². The van der Waals surface area contributed by atoms with Gasteiger partial charge in [0.2, 0.25) is 10.0 Å². The number of nitrogens with zero attached hydrogens (tertiary/aromatic N) is 5. The fourth-order valence-electron chi connectivity index (χ4n) is 6.48. The van der Waals surface area contributed by atoms with Gasteiger partial charge in [-0.05, 0) is 67.7 Å². The number of hydrogen-bond acceptors (Lipinski definition) is 6. The van der Waals surface area contributed by atoms with E-state index in [1.165, 1.54) is 22.0 Å². The number of hydrogen-bond donors (Lipinski definition) is 2. The van der Waals surface area contributed by atoms with Crippen LogP contribution in [0.4, 0.5) is 13.2 Å². The molecule has 1 fully saturated rings. The zero-order chi connectivity index (χ0) is 31.2. The molecular formula is C31H33F3N6O3S. The minimum Gasteiger partial charge on any atom is -0.390 e. The van der Waals surface area contributed by atoms with Crippen LogP contribution in [0.15, 0.2) is 48.7 Å². The van der Waals surface area contributed by atoms with E-state index >= 15 is 0 Å². The van der Waals surface area contributed by atoms with Gasteiger partial charge < -0.3 is 15.0 Å². The minimum atomic E-state index is -4.47. The number of β-amino-alcohol motifs (C(OH)–C–C–N with tert-alkyl or cyclic N) is 1. The Balaban J connectivity index is 1.16. The van der Waals surface area contributed by atoms with E-state index in [1.807, 2.05) is 18.3 Å². The molecule has 2 aliphatic rings. The van der Waals surface area contributed by atoms with E-state index in [4.69, 9.17) is 5.10 Å². The second-order valence-corrected chi connectivity index (χ2v) is 13.7. The molecule has 0 aliphatic carbocycles. The van der Waals surface area contributed by atoms with Gasteiger partial charge in [0.15, 0.2) is 0 Å². The number of halogens is 3. The van der Waals surface area contributed by atoms with Gasteiger partial charge in [-0.2, -0.15) is 27.8 Å². The summed E-state index contributed by atoms with van der Waals surface area (Å²) < 4.78 is 67.1. The van der Waals surface area contributed by atoms with Gasteiger partial charge in [0.05, 0.1) is 41.8 Å². The number of aromatic nitrogens is 3. The summed E-state index contributed by atoms with van der Waals surface area (Å²) in [7, 11) is -3.49. The quantitative estimate of drug-likeness (QED) is 0.313. The fraction of sp³-hybridized carbons (Fsp3) is 0.419. The highest BCUT2D eigenvalue weighted by Crippen LogP contribution is 2.36. The first kappa shape index (κ1) is 30.3. The van der Waals surface area contributed by atoms with Crippen LogP contribution in [0.5, 0.6) is 0 Å². The molecule has 0 spiro atoms. The van der Waals surface area contributed by atoms with Crippen molar-refractivity contribution >= 4 is 20.9 Å². The fourth-order valence-corrected chi connectivity index (χ4v) is 7.27. The lowest BCUT2D eigenvalue weighted by molar-refractivity contribution is -0.137. The van der Waals surface area contributed by atoms with E-state index in [2.05, 4.69) is 16.0 Å². The number of fused-ring (bicyclic) bond motifs is 2. The number of nitrogens with one attached hydrogen (secondary N) is 1. The van der Waals surface area contributed by atoms with Crippen LogP contribution >= 0.6 is 0 Å². The molecule has 2 aliphatic heterocycles. The Morgan fingerprint density at radius 1 is 1.11 bits per heavy atom. The lowest BCUT2D eigenvalue weighted by Gasteiger charge is -2.33. The van der Waals surface area contributed by atoms with Crippen LogP contribution in [-0.2, 0) is 35.7 Å². The van der Waals surface area contributed by atoms with Crippen molar-refractivity contribution in [1.29, 1.82) is 5.26 Å². The van der Waals surface area contributed by atoms with Gasteiger partial charge >= 0.3 is 6.18 Å². The highest BCUT2D eigenvalue weighted by molar-refractivity contribution is 7.88. The van der Waals surface area contributed by atoms with E-state index in [-0.39, 0.29) is 19.6 Å². The first-order valence-corrected chi connectivity index (χ1v) is 16.4. The molecule has 1 unspecified atom stereocenters.